The average molecular weight is 237 g/mol. The second-order valence-electron chi connectivity index (χ2n) is 4.79. The molecule has 0 aliphatic carbocycles. The molecule has 5 nitrogen and oxygen atoms in total. The van der Waals surface area contributed by atoms with Crippen LogP contribution in [0.1, 0.15) is 36.3 Å². The Morgan fingerprint density at radius 1 is 1.47 bits per heavy atom. The van der Waals surface area contributed by atoms with Crippen molar-refractivity contribution in [3.05, 3.63) is 17.0 Å². The van der Waals surface area contributed by atoms with E-state index in [1.165, 1.54) is 0 Å². The summed E-state index contributed by atoms with van der Waals surface area (Å²) in [5.41, 5.74) is 3.12. The first kappa shape index (κ1) is 12.1. The lowest BCUT2D eigenvalue weighted by atomic mass is 10.1. The lowest BCUT2D eigenvalue weighted by molar-refractivity contribution is -0.129. The van der Waals surface area contributed by atoms with Crippen molar-refractivity contribution in [3.63, 3.8) is 0 Å². The average Bonchev–Trinajstić information content (AvgIpc) is 2.68. The van der Waals surface area contributed by atoms with Gasteiger partial charge >= 0.3 is 0 Å². The van der Waals surface area contributed by atoms with Crippen molar-refractivity contribution in [2.75, 3.05) is 6.54 Å². The van der Waals surface area contributed by atoms with Gasteiger partial charge in [-0.25, -0.2) is 0 Å². The van der Waals surface area contributed by atoms with Crippen LogP contribution in [0, 0.1) is 13.8 Å². The highest BCUT2D eigenvalue weighted by Gasteiger charge is 2.33. The molecular formula is C12H19N3O2. The van der Waals surface area contributed by atoms with Crippen LogP contribution in [0.4, 0.5) is 0 Å². The number of amides is 1. The van der Waals surface area contributed by atoms with Gasteiger partial charge in [0.2, 0.25) is 5.91 Å². The Morgan fingerprint density at radius 2 is 2.12 bits per heavy atom. The number of carbonyl (C=O) groups is 1. The van der Waals surface area contributed by atoms with Crippen LogP contribution < -0.4 is 0 Å². The normalized spacial score (nSPS) is 22.3. The number of aryl methyl sites for hydroxylation is 2. The summed E-state index contributed by atoms with van der Waals surface area (Å²) in [7, 11) is 1.90. The molecule has 0 aromatic carbocycles. The van der Waals surface area contributed by atoms with E-state index in [4.69, 9.17) is 0 Å². The molecule has 0 saturated carbocycles. The van der Waals surface area contributed by atoms with Gasteiger partial charge in [-0.3, -0.25) is 9.48 Å². The number of hydrogen-bond acceptors (Lipinski definition) is 3. The van der Waals surface area contributed by atoms with Gasteiger partial charge < -0.3 is 10.0 Å². The first-order valence-electron chi connectivity index (χ1n) is 5.89. The standard InChI is InChI=1S/C12H19N3O2/c1-7-12(8(2)14(4)13-7)9(3)15-6-10(16)5-11(15)17/h9-10,16H,5-6H2,1-4H3. The van der Waals surface area contributed by atoms with E-state index in [9.17, 15) is 9.90 Å². The highest BCUT2D eigenvalue weighted by Crippen LogP contribution is 2.29. The molecule has 2 atom stereocenters. The van der Waals surface area contributed by atoms with Crippen molar-refractivity contribution in [3.8, 4) is 0 Å². The van der Waals surface area contributed by atoms with E-state index in [0.29, 0.717) is 6.54 Å². The number of rotatable bonds is 2. The molecule has 1 saturated heterocycles. The van der Waals surface area contributed by atoms with Crippen LogP contribution in [0.2, 0.25) is 0 Å². The van der Waals surface area contributed by atoms with E-state index in [1.54, 1.807) is 4.90 Å². The minimum Gasteiger partial charge on any atom is -0.391 e. The lowest BCUT2D eigenvalue weighted by Crippen LogP contribution is -2.29. The van der Waals surface area contributed by atoms with Crippen LogP contribution in [0.5, 0.6) is 0 Å². The number of aromatic nitrogens is 2. The number of carbonyl (C=O) groups excluding carboxylic acids is 1. The fourth-order valence-electron chi connectivity index (χ4n) is 2.64. The molecule has 1 aromatic heterocycles. The SMILES string of the molecule is Cc1nn(C)c(C)c1C(C)N1CC(O)CC1=O. The van der Waals surface area contributed by atoms with Gasteiger partial charge in [0, 0.05) is 24.8 Å². The number of aliphatic hydroxyl groups is 1. The molecule has 1 aliphatic rings. The number of nitrogens with zero attached hydrogens (tertiary/aromatic N) is 3. The van der Waals surface area contributed by atoms with Crippen LogP contribution in [0.3, 0.4) is 0 Å². The predicted molar refractivity (Wildman–Crippen MR) is 63.4 cm³/mol. The third kappa shape index (κ3) is 1.95. The van der Waals surface area contributed by atoms with Gasteiger partial charge in [-0.2, -0.15) is 5.10 Å². The van der Waals surface area contributed by atoms with Gasteiger partial charge in [0.05, 0.1) is 24.3 Å². The van der Waals surface area contributed by atoms with Crippen molar-refractivity contribution in [1.29, 1.82) is 0 Å². The molecule has 5 heteroatoms. The third-order valence-corrected chi connectivity index (χ3v) is 3.59. The van der Waals surface area contributed by atoms with E-state index in [-0.39, 0.29) is 18.4 Å². The van der Waals surface area contributed by atoms with Gasteiger partial charge in [0.1, 0.15) is 0 Å². The molecule has 1 fully saturated rings. The van der Waals surface area contributed by atoms with Gasteiger partial charge in [0.25, 0.3) is 0 Å². The summed E-state index contributed by atoms with van der Waals surface area (Å²) >= 11 is 0. The first-order valence-corrected chi connectivity index (χ1v) is 5.89. The molecule has 17 heavy (non-hydrogen) atoms. The van der Waals surface area contributed by atoms with E-state index in [0.717, 1.165) is 17.0 Å². The predicted octanol–water partition coefficient (Wildman–Crippen LogP) is 0.691. The van der Waals surface area contributed by atoms with Crippen molar-refractivity contribution < 1.29 is 9.90 Å². The minimum atomic E-state index is -0.526. The van der Waals surface area contributed by atoms with E-state index < -0.39 is 6.10 Å². The maximum absolute atomic E-state index is 11.8. The fraction of sp³-hybridized carbons (Fsp3) is 0.667. The molecule has 1 aliphatic heterocycles. The Hall–Kier alpha value is -1.36. The number of hydrogen-bond donors (Lipinski definition) is 1. The van der Waals surface area contributed by atoms with Crippen molar-refractivity contribution in [2.45, 2.75) is 39.3 Å². The fourth-order valence-corrected chi connectivity index (χ4v) is 2.64. The maximum atomic E-state index is 11.8. The summed E-state index contributed by atoms with van der Waals surface area (Å²) in [4.78, 5) is 13.5. The zero-order valence-corrected chi connectivity index (χ0v) is 10.8. The Morgan fingerprint density at radius 3 is 2.53 bits per heavy atom. The Bertz CT molecular complexity index is 453. The summed E-state index contributed by atoms with van der Waals surface area (Å²) < 4.78 is 1.83. The lowest BCUT2D eigenvalue weighted by Gasteiger charge is -2.25. The maximum Gasteiger partial charge on any atom is 0.225 e. The van der Waals surface area contributed by atoms with Gasteiger partial charge in [-0.05, 0) is 20.8 Å². The molecule has 94 valence electrons. The molecule has 0 bridgehead atoms. The summed E-state index contributed by atoms with van der Waals surface area (Å²) in [6.07, 6.45) is -0.287. The second-order valence-corrected chi connectivity index (χ2v) is 4.79. The third-order valence-electron chi connectivity index (χ3n) is 3.59. The Balaban J connectivity index is 2.31. The summed E-state index contributed by atoms with van der Waals surface area (Å²) in [5, 5.41) is 13.9. The Labute approximate surface area is 101 Å². The molecule has 2 rings (SSSR count). The summed E-state index contributed by atoms with van der Waals surface area (Å²) in [5.74, 6) is 0.0210. The van der Waals surface area contributed by atoms with Gasteiger partial charge in [0.15, 0.2) is 0 Å². The second kappa shape index (κ2) is 4.14. The topological polar surface area (TPSA) is 58.4 Å². The first-order chi connectivity index (χ1) is 7.91. The molecule has 1 amide bonds. The largest absolute Gasteiger partial charge is 0.391 e. The molecule has 2 unspecified atom stereocenters. The molecule has 2 heterocycles. The number of likely N-dealkylation sites (tertiary alicyclic amines) is 1. The Kier molecular flexibility index (Phi) is 2.95. The van der Waals surface area contributed by atoms with Crippen molar-refractivity contribution in [2.24, 2.45) is 7.05 Å². The van der Waals surface area contributed by atoms with Crippen LogP contribution >= 0.6 is 0 Å². The molecule has 1 N–H and O–H groups in total. The number of aliphatic hydroxyl groups excluding tert-OH is 1. The summed E-state index contributed by atoms with van der Waals surface area (Å²) in [6.45, 7) is 6.37. The van der Waals surface area contributed by atoms with E-state index >= 15 is 0 Å². The summed E-state index contributed by atoms with van der Waals surface area (Å²) in [6, 6.07) is -0.0200. The highest BCUT2D eigenvalue weighted by atomic mass is 16.3. The van der Waals surface area contributed by atoms with E-state index in [1.807, 2.05) is 32.5 Å². The molecule has 0 spiro atoms. The highest BCUT2D eigenvalue weighted by molar-refractivity contribution is 5.79. The van der Waals surface area contributed by atoms with Crippen LogP contribution in [-0.4, -0.2) is 38.3 Å². The van der Waals surface area contributed by atoms with Gasteiger partial charge in [-0.1, -0.05) is 0 Å². The number of β-amino-alcohol motifs (C(OH)–C–C–N with tert-alkyl or cyclic N) is 1. The molecular weight excluding hydrogens is 218 g/mol. The van der Waals surface area contributed by atoms with Crippen molar-refractivity contribution >= 4 is 5.91 Å². The van der Waals surface area contributed by atoms with Gasteiger partial charge in [-0.15, -0.1) is 0 Å². The monoisotopic (exact) mass is 237 g/mol. The minimum absolute atomic E-state index is 0.0200. The quantitative estimate of drug-likeness (QED) is 0.823. The van der Waals surface area contributed by atoms with Crippen LogP contribution in [0.15, 0.2) is 0 Å². The van der Waals surface area contributed by atoms with Crippen LogP contribution in [-0.2, 0) is 11.8 Å². The smallest absolute Gasteiger partial charge is 0.225 e. The zero-order valence-electron chi connectivity index (χ0n) is 10.8. The molecule has 0 radical (unpaired) electrons. The van der Waals surface area contributed by atoms with E-state index in [2.05, 4.69) is 5.10 Å². The molecule has 1 aromatic rings. The zero-order chi connectivity index (χ0) is 12.7. The van der Waals surface area contributed by atoms with Crippen LogP contribution in [0.25, 0.3) is 0 Å². The van der Waals surface area contributed by atoms with Crippen molar-refractivity contribution in [1.82, 2.24) is 14.7 Å².